The highest BCUT2D eigenvalue weighted by atomic mass is 32.1. The Hall–Kier alpha value is -1.40. The van der Waals surface area contributed by atoms with Crippen molar-refractivity contribution in [2.24, 2.45) is 23.5 Å². The predicted octanol–water partition coefficient (Wildman–Crippen LogP) is 3.73. The van der Waals surface area contributed by atoms with Crippen LogP contribution in [0.15, 0.2) is 0 Å². The Kier molecular flexibility index (Phi) is 5.77. The molecule has 0 aromatic carbocycles. The van der Waals surface area contributed by atoms with Crippen molar-refractivity contribution < 1.29 is 18.0 Å². The molecule has 0 aromatic rings. The molecule has 3 aliphatic carbocycles. The third kappa shape index (κ3) is 3.40. The van der Waals surface area contributed by atoms with Gasteiger partial charge >= 0.3 is 6.18 Å². The van der Waals surface area contributed by atoms with Crippen LogP contribution in [0.2, 0.25) is 0 Å². The summed E-state index contributed by atoms with van der Waals surface area (Å²) in [6, 6.07) is 1.40. The van der Waals surface area contributed by atoms with Gasteiger partial charge in [0.2, 0.25) is 0 Å². The van der Waals surface area contributed by atoms with E-state index < -0.39 is 29.6 Å². The van der Waals surface area contributed by atoms with Crippen LogP contribution in [0.25, 0.3) is 0 Å². The predicted molar refractivity (Wildman–Crippen MR) is 109 cm³/mol. The number of nitrogens with two attached hydrogens (primary N) is 1. The van der Waals surface area contributed by atoms with Crippen molar-refractivity contribution in [3.8, 4) is 6.07 Å². The third-order valence-electron chi connectivity index (χ3n) is 7.96. The van der Waals surface area contributed by atoms with Gasteiger partial charge in [-0.2, -0.15) is 18.4 Å². The first-order chi connectivity index (χ1) is 14.2. The maximum Gasteiger partial charge on any atom is 0.393 e. The van der Waals surface area contributed by atoms with E-state index in [0.717, 1.165) is 44.9 Å². The highest BCUT2D eigenvalue weighted by molar-refractivity contribution is 7.80. The van der Waals surface area contributed by atoms with Crippen molar-refractivity contribution >= 4 is 23.2 Å². The van der Waals surface area contributed by atoms with Crippen LogP contribution in [0.1, 0.15) is 64.2 Å². The van der Waals surface area contributed by atoms with Crippen LogP contribution >= 0.6 is 12.2 Å². The average molecular weight is 443 g/mol. The number of amides is 1. The summed E-state index contributed by atoms with van der Waals surface area (Å²) in [6.45, 7) is 0.661. The molecule has 0 radical (unpaired) electrons. The molecule has 3 atom stereocenters. The summed E-state index contributed by atoms with van der Waals surface area (Å²) < 4.78 is 40.8. The number of thiocarbonyl (C=S) groups is 1. The lowest BCUT2D eigenvalue weighted by Crippen LogP contribution is -2.59. The fourth-order valence-electron chi connectivity index (χ4n) is 6.05. The van der Waals surface area contributed by atoms with Crippen LogP contribution in [0.5, 0.6) is 0 Å². The summed E-state index contributed by atoms with van der Waals surface area (Å²) in [5, 5.41) is 9.61. The van der Waals surface area contributed by atoms with Gasteiger partial charge in [0.15, 0.2) is 5.11 Å². The molecule has 1 aliphatic heterocycles. The monoisotopic (exact) mass is 442 g/mol. The van der Waals surface area contributed by atoms with E-state index in [-0.39, 0.29) is 24.8 Å². The molecule has 166 valence electrons. The fraction of sp³-hybridized carbons (Fsp3) is 0.857. The van der Waals surface area contributed by atoms with Crippen LogP contribution in [-0.4, -0.2) is 51.2 Å². The van der Waals surface area contributed by atoms with Gasteiger partial charge in [0.1, 0.15) is 5.54 Å². The molecule has 4 rings (SSSR count). The van der Waals surface area contributed by atoms with Crippen molar-refractivity contribution in [3.05, 3.63) is 0 Å². The zero-order valence-corrected chi connectivity index (χ0v) is 17.9. The van der Waals surface area contributed by atoms with Crippen molar-refractivity contribution in [2.75, 3.05) is 6.54 Å². The van der Waals surface area contributed by atoms with E-state index in [1.807, 2.05) is 6.07 Å². The number of alkyl halides is 3. The summed E-state index contributed by atoms with van der Waals surface area (Å²) in [5.74, 6) is -2.37. The number of nitriles is 1. The van der Waals surface area contributed by atoms with Crippen LogP contribution in [0, 0.1) is 29.1 Å². The summed E-state index contributed by atoms with van der Waals surface area (Å²) in [4.78, 5) is 17.1. The van der Waals surface area contributed by atoms with Crippen LogP contribution in [0.3, 0.4) is 0 Å². The second-order valence-electron chi connectivity index (χ2n) is 9.47. The number of carbonyl (C=O) groups excluding carboxylic acids is 1. The van der Waals surface area contributed by atoms with E-state index >= 15 is 0 Å². The van der Waals surface area contributed by atoms with Crippen LogP contribution in [-0.2, 0) is 4.79 Å². The topological polar surface area (TPSA) is 73.4 Å². The minimum atomic E-state index is -4.45. The van der Waals surface area contributed by atoms with Gasteiger partial charge in [0, 0.05) is 12.1 Å². The Morgan fingerprint density at radius 3 is 2.27 bits per heavy atom. The van der Waals surface area contributed by atoms with E-state index in [4.69, 9.17) is 18.0 Å². The Morgan fingerprint density at radius 2 is 1.77 bits per heavy atom. The first-order valence-electron chi connectivity index (χ1n) is 11.1. The van der Waals surface area contributed by atoms with Gasteiger partial charge in [0.25, 0.3) is 5.91 Å². The molecular formula is C21H29F3N4OS. The Balaban J connectivity index is 1.57. The summed E-state index contributed by atoms with van der Waals surface area (Å²) in [5.41, 5.74) is 5.16. The molecule has 0 bridgehead atoms. The quantitative estimate of drug-likeness (QED) is 0.675. The maximum atomic E-state index is 13.6. The van der Waals surface area contributed by atoms with Gasteiger partial charge in [-0.15, -0.1) is 0 Å². The zero-order chi connectivity index (χ0) is 21.7. The Morgan fingerprint density at radius 1 is 1.13 bits per heavy atom. The molecule has 1 amide bonds. The Bertz CT molecular complexity index is 740. The lowest BCUT2D eigenvalue weighted by atomic mass is 9.73. The number of hydrogen-bond acceptors (Lipinski definition) is 4. The maximum absolute atomic E-state index is 13.6. The van der Waals surface area contributed by atoms with E-state index in [2.05, 4.69) is 4.90 Å². The number of rotatable bonds is 3. The highest BCUT2D eigenvalue weighted by Gasteiger charge is 2.62. The molecule has 1 saturated heterocycles. The fourth-order valence-corrected chi connectivity index (χ4v) is 6.60. The first-order valence-corrected chi connectivity index (χ1v) is 11.5. The number of nitrogens with zero attached hydrogens (tertiary/aromatic N) is 3. The van der Waals surface area contributed by atoms with Gasteiger partial charge in [-0.1, -0.05) is 0 Å². The number of carbonyl (C=O) groups is 1. The third-order valence-corrected chi connectivity index (χ3v) is 8.35. The molecule has 5 nitrogen and oxygen atoms in total. The second-order valence-corrected chi connectivity index (χ2v) is 9.84. The molecule has 3 unspecified atom stereocenters. The SMILES string of the molecule is N#CC1CCC(N2C(=O)C3(CCC3)N(C3CCC(CN)CC3)C2=S)CC1C(F)(F)F. The lowest BCUT2D eigenvalue weighted by molar-refractivity contribution is -0.195. The summed E-state index contributed by atoms with van der Waals surface area (Å²) >= 11 is 5.76. The molecule has 3 saturated carbocycles. The number of hydrogen-bond donors (Lipinski definition) is 1. The van der Waals surface area contributed by atoms with Gasteiger partial charge in [-0.05, 0) is 88.9 Å². The van der Waals surface area contributed by atoms with E-state index in [1.54, 1.807) is 0 Å². The van der Waals surface area contributed by atoms with Crippen molar-refractivity contribution in [2.45, 2.75) is 88.0 Å². The molecule has 30 heavy (non-hydrogen) atoms. The number of halogens is 3. The van der Waals surface area contributed by atoms with Crippen molar-refractivity contribution in [1.29, 1.82) is 5.26 Å². The largest absolute Gasteiger partial charge is 0.393 e. The average Bonchev–Trinajstić information content (AvgIpc) is 2.93. The van der Waals surface area contributed by atoms with Gasteiger partial charge < -0.3 is 10.6 Å². The van der Waals surface area contributed by atoms with E-state index in [1.165, 1.54) is 4.90 Å². The second kappa shape index (κ2) is 7.94. The van der Waals surface area contributed by atoms with Crippen molar-refractivity contribution in [3.63, 3.8) is 0 Å². The van der Waals surface area contributed by atoms with Gasteiger partial charge in [0.05, 0.1) is 17.9 Å². The first kappa shape index (κ1) is 21.8. The van der Waals surface area contributed by atoms with E-state index in [9.17, 15) is 23.2 Å². The van der Waals surface area contributed by atoms with Gasteiger partial charge in [-0.25, -0.2) is 0 Å². The van der Waals surface area contributed by atoms with Crippen molar-refractivity contribution in [1.82, 2.24) is 9.80 Å². The minimum absolute atomic E-state index is 0.110. The molecule has 0 aromatic heterocycles. The molecular weight excluding hydrogens is 413 g/mol. The normalized spacial score (nSPS) is 36.7. The molecule has 9 heteroatoms. The summed E-state index contributed by atoms with van der Waals surface area (Å²) in [6.07, 6.45) is 2.03. The molecule has 2 N–H and O–H groups in total. The molecule has 4 fully saturated rings. The molecule has 1 spiro atoms. The zero-order valence-electron chi connectivity index (χ0n) is 17.0. The standard InChI is InChI=1S/C21H29F3N4OS/c22-21(23,24)17-10-16(7-4-14(17)12-26)27-18(29)20(8-1-9-20)28(19(27)30)15-5-2-13(11-25)3-6-15/h13-17H,1-11,25H2. The van der Waals surface area contributed by atoms with E-state index in [0.29, 0.717) is 24.0 Å². The lowest BCUT2D eigenvalue weighted by Gasteiger charge is -2.48. The van der Waals surface area contributed by atoms with Gasteiger partial charge in [-0.3, -0.25) is 9.69 Å². The molecule has 4 aliphatic rings. The summed E-state index contributed by atoms with van der Waals surface area (Å²) in [7, 11) is 0. The Labute approximate surface area is 180 Å². The van der Waals surface area contributed by atoms with Crippen LogP contribution < -0.4 is 5.73 Å². The highest BCUT2D eigenvalue weighted by Crippen LogP contribution is 2.50. The minimum Gasteiger partial charge on any atom is -0.331 e. The smallest absolute Gasteiger partial charge is 0.331 e. The molecule has 1 heterocycles. The van der Waals surface area contributed by atoms with Crippen LogP contribution in [0.4, 0.5) is 13.2 Å².